The van der Waals surface area contributed by atoms with E-state index in [1.165, 1.54) is 4.90 Å². The summed E-state index contributed by atoms with van der Waals surface area (Å²) in [5, 5.41) is 2.74. The Bertz CT molecular complexity index is 914. The van der Waals surface area contributed by atoms with Gasteiger partial charge in [-0.25, -0.2) is 9.79 Å². The summed E-state index contributed by atoms with van der Waals surface area (Å²) in [7, 11) is 0. The quantitative estimate of drug-likeness (QED) is 0.664. The third kappa shape index (κ3) is 3.41. The van der Waals surface area contributed by atoms with Crippen LogP contribution in [0.2, 0.25) is 0 Å². The first-order valence-corrected chi connectivity index (χ1v) is 9.80. The maximum absolute atomic E-state index is 12.8. The molecule has 4 rings (SSSR count). The van der Waals surface area contributed by atoms with Gasteiger partial charge in [0.2, 0.25) is 5.91 Å². The molecule has 2 heterocycles. The minimum absolute atomic E-state index is 0.0401. The summed E-state index contributed by atoms with van der Waals surface area (Å²) in [6, 6.07) is -0.541. The fourth-order valence-electron chi connectivity index (χ4n) is 3.87. The molecule has 9 nitrogen and oxygen atoms in total. The summed E-state index contributed by atoms with van der Waals surface area (Å²) in [6.45, 7) is 3.53. The van der Waals surface area contributed by atoms with E-state index in [1.54, 1.807) is 38.2 Å². The molecular weight excluding hydrogens is 374 g/mol. The highest BCUT2D eigenvalue weighted by atomic mass is 16.2. The van der Waals surface area contributed by atoms with Crippen LogP contribution in [0.1, 0.15) is 26.7 Å². The zero-order valence-electron chi connectivity index (χ0n) is 16.4. The molecule has 1 saturated carbocycles. The van der Waals surface area contributed by atoms with Crippen molar-refractivity contribution in [1.29, 1.82) is 0 Å². The van der Waals surface area contributed by atoms with Crippen molar-refractivity contribution in [2.75, 3.05) is 19.6 Å². The number of amidine groups is 1. The molecule has 9 heteroatoms. The number of amides is 5. The average molecular weight is 397 g/mol. The lowest BCUT2D eigenvalue weighted by Gasteiger charge is -2.25. The number of allylic oxidation sites excluding steroid dienone is 3. The topological polar surface area (TPSA) is 112 Å². The van der Waals surface area contributed by atoms with Crippen molar-refractivity contribution < 1.29 is 19.2 Å². The number of hydrogen-bond acceptors (Lipinski definition) is 5. The number of aliphatic imine (C=N–C) groups is 2. The standard InChI is InChI=1S/C20H23N5O4/c1-3-24(10-15-21-14-7-5-4-6-13(14)17(27)22-15)16(26)11-25-18(28)20(2,12-8-9-12)23-19(25)29/h4-7,12-13H,3,8-11H2,1-2H3,(H,23,29). The molecule has 0 aromatic rings. The molecule has 0 radical (unpaired) electrons. The Balaban J connectivity index is 1.44. The molecule has 0 spiro atoms. The van der Waals surface area contributed by atoms with Gasteiger partial charge in [-0.3, -0.25) is 19.3 Å². The van der Waals surface area contributed by atoms with E-state index in [2.05, 4.69) is 15.3 Å². The summed E-state index contributed by atoms with van der Waals surface area (Å²) in [5.74, 6) is -1.17. The second-order valence-corrected chi connectivity index (χ2v) is 7.83. The van der Waals surface area contributed by atoms with Crippen molar-refractivity contribution in [2.24, 2.45) is 21.8 Å². The normalized spacial score (nSPS) is 28.1. The minimum atomic E-state index is -0.921. The molecule has 4 aliphatic rings. The van der Waals surface area contributed by atoms with E-state index in [1.807, 2.05) is 0 Å². The van der Waals surface area contributed by atoms with E-state index in [0.29, 0.717) is 12.3 Å². The summed E-state index contributed by atoms with van der Waals surface area (Å²) >= 11 is 0. The van der Waals surface area contributed by atoms with Crippen LogP contribution in [0.3, 0.4) is 0 Å². The molecule has 2 fully saturated rings. The van der Waals surface area contributed by atoms with Crippen LogP contribution in [0, 0.1) is 11.8 Å². The van der Waals surface area contributed by atoms with Crippen molar-refractivity contribution in [1.82, 2.24) is 15.1 Å². The SMILES string of the molecule is CCN(CC1=NC(=O)C2C=CC=CC2=N1)C(=O)CN1C(=O)NC(C)(C2CC2)C1=O. The number of imide groups is 1. The number of nitrogens with one attached hydrogen (secondary N) is 1. The molecular formula is C20H23N5O4. The lowest BCUT2D eigenvalue weighted by molar-refractivity contribution is -0.138. The van der Waals surface area contributed by atoms with Crippen LogP contribution in [0.4, 0.5) is 4.79 Å². The summed E-state index contributed by atoms with van der Waals surface area (Å²) in [5.41, 5.74) is -0.323. The number of nitrogens with zero attached hydrogens (tertiary/aromatic N) is 4. The maximum atomic E-state index is 12.8. The van der Waals surface area contributed by atoms with E-state index >= 15 is 0 Å². The Morgan fingerprint density at radius 2 is 2.03 bits per heavy atom. The Labute approximate surface area is 168 Å². The molecule has 5 amide bonds. The van der Waals surface area contributed by atoms with Crippen molar-refractivity contribution in [3.63, 3.8) is 0 Å². The maximum Gasteiger partial charge on any atom is 0.325 e. The van der Waals surface area contributed by atoms with Gasteiger partial charge in [-0.2, -0.15) is 4.99 Å². The Morgan fingerprint density at radius 3 is 2.72 bits per heavy atom. The number of urea groups is 1. The van der Waals surface area contributed by atoms with Gasteiger partial charge in [0.1, 0.15) is 18.0 Å². The van der Waals surface area contributed by atoms with E-state index in [0.717, 1.165) is 17.7 Å². The molecule has 29 heavy (non-hydrogen) atoms. The average Bonchev–Trinajstić information content (AvgIpc) is 3.52. The molecule has 2 aliphatic heterocycles. The van der Waals surface area contributed by atoms with Gasteiger partial charge in [0.05, 0.1) is 12.3 Å². The lowest BCUT2D eigenvalue weighted by atomic mass is 9.96. The summed E-state index contributed by atoms with van der Waals surface area (Å²) < 4.78 is 0. The molecule has 1 saturated heterocycles. The second kappa shape index (κ2) is 7.06. The third-order valence-electron chi connectivity index (χ3n) is 5.82. The zero-order chi connectivity index (χ0) is 20.8. The van der Waals surface area contributed by atoms with Crippen LogP contribution in [-0.2, 0) is 14.4 Å². The zero-order valence-corrected chi connectivity index (χ0v) is 16.4. The highest BCUT2D eigenvalue weighted by Gasteiger charge is 2.56. The fraction of sp³-hybridized carbons (Fsp3) is 0.500. The first-order chi connectivity index (χ1) is 13.8. The van der Waals surface area contributed by atoms with Gasteiger partial charge >= 0.3 is 6.03 Å². The summed E-state index contributed by atoms with van der Waals surface area (Å²) in [6.07, 6.45) is 8.84. The van der Waals surface area contributed by atoms with Crippen LogP contribution in [0.25, 0.3) is 0 Å². The van der Waals surface area contributed by atoms with Gasteiger partial charge < -0.3 is 10.2 Å². The molecule has 2 atom stereocenters. The van der Waals surface area contributed by atoms with Crippen molar-refractivity contribution in [3.05, 3.63) is 24.3 Å². The predicted octanol–water partition coefficient (Wildman–Crippen LogP) is 0.677. The molecule has 0 aromatic carbocycles. The minimum Gasteiger partial charge on any atom is -0.334 e. The Hall–Kier alpha value is -3.10. The fourth-order valence-corrected chi connectivity index (χ4v) is 3.87. The first kappa shape index (κ1) is 19.2. The van der Waals surface area contributed by atoms with E-state index in [4.69, 9.17) is 0 Å². The number of rotatable bonds is 6. The van der Waals surface area contributed by atoms with E-state index in [9.17, 15) is 19.2 Å². The number of fused-ring (bicyclic) bond motifs is 1. The molecule has 0 bridgehead atoms. The van der Waals surface area contributed by atoms with Gasteiger partial charge in [0, 0.05) is 6.54 Å². The highest BCUT2D eigenvalue weighted by molar-refractivity contribution is 6.21. The number of carbonyl (C=O) groups is 4. The van der Waals surface area contributed by atoms with Crippen LogP contribution < -0.4 is 5.32 Å². The van der Waals surface area contributed by atoms with Gasteiger partial charge in [-0.1, -0.05) is 18.2 Å². The highest BCUT2D eigenvalue weighted by Crippen LogP contribution is 2.42. The van der Waals surface area contributed by atoms with Crippen molar-refractivity contribution >= 4 is 35.3 Å². The van der Waals surface area contributed by atoms with E-state index < -0.39 is 23.4 Å². The van der Waals surface area contributed by atoms with Crippen LogP contribution in [0.5, 0.6) is 0 Å². The van der Waals surface area contributed by atoms with Crippen molar-refractivity contribution in [2.45, 2.75) is 32.2 Å². The third-order valence-corrected chi connectivity index (χ3v) is 5.82. The number of hydrogen-bond donors (Lipinski definition) is 1. The monoisotopic (exact) mass is 397 g/mol. The molecule has 2 unspecified atom stereocenters. The molecule has 1 N–H and O–H groups in total. The smallest absolute Gasteiger partial charge is 0.325 e. The van der Waals surface area contributed by atoms with E-state index in [-0.39, 0.29) is 36.7 Å². The summed E-state index contributed by atoms with van der Waals surface area (Å²) in [4.78, 5) is 60.8. The molecule has 0 aromatic heterocycles. The first-order valence-electron chi connectivity index (χ1n) is 9.80. The second-order valence-electron chi connectivity index (χ2n) is 7.83. The van der Waals surface area contributed by atoms with Crippen molar-refractivity contribution in [3.8, 4) is 0 Å². The van der Waals surface area contributed by atoms with Gasteiger partial charge in [0.25, 0.3) is 11.8 Å². The Morgan fingerprint density at radius 1 is 1.28 bits per heavy atom. The lowest BCUT2D eigenvalue weighted by Crippen LogP contribution is -2.48. The molecule has 152 valence electrons. The van der Waals surface area contributed by atoms with Gasteiger partial charge in [0.15, 0.2) is 5.84 Å². The van der Waals surface area contributed by atoms with Crippen LogP contribution in [0.15, 0.2) is 34.3 Å². The Kier molecular flexibility index (Phi) is 4.68. The predicted molar refractivity (Wildman–Crippen MR) is 105 cm³/mol. The number of carbonyl (C=O) groups excluding carboxylic acids is 4. The van der Waals surface area contributed by atoms with Gasteiger partial charge in [-0.05, 0) is 38.7 Å². The van der Waals surface area contributed by atoms with Gasteiger partial charge in [-0.15, -0.1) is 0 Å². The number of likely N-dealkylation sites (N-methyl/N-ethyl adjacent to an activating group) is 1. The largest absolute Gasteiger partial charge is 0.334 e. The molecule has 2 aliphatic carbocycles. The van der Waals surface area contributed by atoms with Crippen LogP contribution >= 0.6 is 0 Å². The van der Waals surface area contributed by atoms with Crippen LogP contribution in [-0.4, -0.2) is 70.3 Å².